The Labute approximate surface area is 146 Å². The molecule has 0 atom stereocenters. The summed E-state index contributed by atoms with van der Waals surface area (Å²) in [5, 5.41) is 9.35. The van der Waals surface area contributed by atoms with Crippen LogP contribution in [-0.2, 0) is 13.1 Å². The van der Waals surface area contributed by atoms with Crippen LogP contribution in [0.25, 0.3) is 11.5 Å². The van der Waals surface area contributed by atoms with Gasteiger partial charge in [-0.25, -0.2) is 9.37 Å². The van der Waals surface area contributed by atoms with E-state index in [0.717, 1.165) is 5.69 Å². The number of hydrogen-bond donors (Lipinski definition) is 1. The zero-order valence-corrected chi connectivity index (χ0v) is 14.2. The molecule has 5 heteroatoms. The molecule has 0 aliphatic heterocycles. The molecule has 0 spiro atoms. The summed E-state index contributed by atoms with van der Waals surface area (Å²) in [5.41, 5.74) is 2.58. The Bertz CT molecular complexity index is 818. The highest BCUT2D eigenvalue weighted by Gasteiger charge is 2.15. The molecule has 1 N–H and O–H groups in total. The lowest BCUT2D eigenvalue weighted by atomic mass is 10.2. The predicted molar refractivity (Wildman–Crippen MR) is 94.3 cm³/mol. The van der Waals surface area contributed by atoms with Crippen molar-refractivity contribution < 1.29 is 13.9 Å². The summed E-state index contributed by atoms with van der Waals surface area (Å²) >= 11 is 0. The van der Waals surface area contributed by atoms with E-state index < -0.39 is 0 Å². The number of hydrogen-bond acceptors (Lipinski definition) is 4. The van der Waals surface area contributed by atoms with Crippen molar-refractivity contribution in [3.8, 4) is 11.5 Å². The molecule has 130 valence electrons. The van der Waals surface area contributed by atoms with Gasteiger partial charge in [0.25, 0.3) is 0 Å². The fourth-order valence-corrected chi connectivity index (χ4v) is 2.73. The summed E-state index contributed by atoms with van der Waals surface area (Å²) in [6.07, 6.45) is 0. The van der Waals surface area contributed by atoms with Gasteiger partial charge in [-0.05, 0) is 30.7 Å². The maximum Gasteiger partial charge on any atom is 0.226 e. The lowest BCUT2D eigenvalue weighted by Gasteiger charge is -2.20. The quantitative estimate of drug-likeness (QED) is 0.711. The van der Waals surface area contributed by atoms with Crippen LogP contribution in [0.1, 0.15) is 17.0 Å². The van der Waals surface area contributed by atoms with E-state index in [9.17, 15) is 9.50 Å². The Morgan fingerprint density at radius 3 is 2.60 bits per heavy atom. The first-order valence-electron chi connectivity index (χ1n) is 8.25. The number of nitrogens with zero attached hydrogens (tertiary/aromatic N) is 2. The zero-order valence-electron chi connectivity index (χ0n) is 14.2. The Morgan fingerprint density at radius 1 is 1.08 bits per heavy atom. The average Bonchev–Trinajstić information content (AvgIpc) is 2.97. The molecule has 3 rings (SSSR count). The van der Waals surface area contributed by atoms with Crippen LogP contribution in [0.2, 0.25) is 0 Å². The van der Waals surface area contributed by atoms with Gasteiger partial charge in [-0.3, -0.25) is 4.90 Å². The lowest BCUT2D eigenvalue weighted by Crippen LogP contribution is -2.26. The van der Waals surface area contributed by atoms with E-state index in [0.29, 0.717) is 36.8 Å². The number of rotatable bonds is 7. The van der Waals surface area contributed by atoms with Crippen molar-refractivity contribution in [2.24, 2.45) is 0 Å². The van der Waals surface area contributed by atoms with Gasteiger partial charge in [0.05, 0.1) is 12.3 Å². The molecule has 3 aromatic rings. The minimum Gasteiger partial charge on any atom is -0.441 e. The summed E-state index contributed by atoms with van der Waals surface area (Å²) in [7, 11) is 0. The van der Waals surface area contributed by atoms with Gasteiger partial charge in [0.15, 0.2) is 0 Å². The predicted octanol–water partition coefficient (Wildman–Crippen LogP) is 3.78. The number of aryl methyl sites for hydroxylation is 1. The molecule has 0 unspecified atom stereocenters. The summed E-state index contributed by atoms with van der Waals surface area (Å²) in [6, 6.07) is 16.3. The van der Waals surface area contributed by atoms with Crippen molar-refractivity contribution in [2.75, 3.05) is 13.2 Å². The first-order chi connectivity index (χ1) is 12.2. The van der Waals surface area contributed by atoms with Crippen molar-refractivity contribution in [3.05, 3.63) is 77.4 Å². The monoisotopic (exact) mass is 340 g/mol. The number of aliphatic hydroxyl groups excluding tert-OH is 1. The fraction of sp³-hybridized carbons (Fsp3) is 0.250. The SMILES string of the molecule is Cc1oc(-c2cccc(F)c2)nc1CN(CCO)Cc1ccccc1. The Kier molecular flexibility index (Phi) is 5.58. The summed E-state index contributed by atoms with van der Waals surface area (Å²) in [5.74, 6) is 0.798. The third kappa shape index (κ3) is 4.53. The Hall–Kier alpha value is -2.50. The normalized spacial score (nSPS) is 11.2. The molecular weight excluding hydrogens is 319 g/mol. The van der Waals surface area contributed by atoms with Crippen LogP contribution in [0.3, 0.4) is 0 Å². The molecule has 2 aromatic carbocycles. The minimum atomic E-state index is -0.319. The molecule has 0 radical (unpaired) electrons. The highest BCUT2D eigenvalue weighted by atomic mass is 19.1. The standard InChI is InChI=1S/C20H21FN2O2/c1-15-19(22-20(25-15)17-8-5-9-18(21)12-17)14-23(10-11-24)13-16-6-3-2-4-7-16/h2-9,12,24H,10-11,13-14H2,1H3. The van der Waals surface area contributed by atoms with Gasteiger partial charge >= 0.3 is 0 Å². The van der Waals surface area contributed by atoms with Gasteiger partial charge in [-0.2, -0.15) is 0 Å². The van der Waals surface area contributed by atoms with Crippen molar-refractivity contribution in [2.45, 2.75) is 20.0 Å². The van der Waals surface area contributed by atoms with E-state index in [1.165, 1.54) is 17.7 Å². The van der Waals surface area contributed by atoms with Crippen LogP contribution < -0.4 is 0 Å². The van der Waals surface area contributed by atoms with Crippen molar-refractivity contribution in [3.63, 3.8) is 0 Å². The smallest absolute Gasteiger partial charge is 0.226 e. The number of oxazole rings is 1. The molecule has 4 nitrogen and oxygen atoms in total. The van der Waals surface area contributed by atoms with Gasteiger partial charge in [0.1, 0.15) is 11.6 Å². The third-order valence-corrected chi connectivity index (χ3v) is 4.00. The van der Waals surface area contributed by atoms with Crippen LogP contribution in [0.5, 0.6) is 0 Å². The summed E-state index contributed by atoms with van der Waals surface area (Å²) in [4.78, 5) is 6.63. The van der Waals surface area contributed by atoms with Crippen LogP contribution in [0, 0.1) is 12.7 Å². The van der Waals surface area contributed by atoms with Gasteiger partial charge in [0, 0.05) is 25.2 Å². The fourth-order valence-electron chi connectivity index (χ4n) is 2.73. The molecule has 0 saturated heterocycles. The van der Waals surface area contributed by atoms with Crippen molar-refractivity contribution >= 4 is 0 Å². The number of aromatic nitrogens is 1. The molecule has 1 heterocycles. The first-order valence-corrected chi connectivity index (χ1v) is 8.25. The lowest BCUT2D eigenvalue weighted by molar-refractivity contribution is 0.182. The van der Waals surface area contributed by atoms with E-state index >= 15 is 0 Å². The van der Waals surface area contributed by atoms with E-state index in [1.807, 2.05) is 25.1 Å². The van der Waals surface area contributed by atoms with Gasteiger partial charge in [0.2, 0.25) is 5.89 Å². The molecule has 1 aromatic heterocycles. The molecule has 0 bridgehead atoms. The van der Waals surface area contributed by atoms with E-state index in [-0.39, 0.29) is 12.4 Å². The molecular formula is C20H21FN2O2. The second kappa shape index (κ2) is 8.05. The minimum absolute atomic E-state index is 0.0699. The molecule has 25 heavy (non-hydrogen) atoms. The largest absolute Gasteiger partial charge is 0.441 e. The number of aliphatic hydroxyl groups is 1. The van der Waals surface area contributed by atoms with E-state index in [4.69, 9.17) is 4.42 Å². The van der Waals surface area contributed by atoms with Crippen LogP contribution >= 0.6 is 0 Å². The first kappa shape index (κ1) is 17.3. The van der Waals surface area contributed by atoms with Crippen LogP contribution in [-0.4, -0.2) is 28.1 Å². The number of halogens is 1. The zero-order chi connectivity index (χ0) is 17.6. The van der Waals surface area contributed by atoms with Gasteiger partial charge in [-0.1, -0.05) is 36.4 Å². The van der Waals surface area contributed by atoms with Crippen molar-refractivity contribution in [1.82, 2.24) is 9.88 Å². The number of benzene rings is 2. The average molecular weight is 340 g/mol. The molecule has 0 fully saturated rings. The highest BCUT2D eigenvalue weighted by molar-refractivity contribution is 5.53. The molecule has 0 aliphatic rings. The maximum atomic E-state index is 13.4. The molecule has 0 saturated carbocycles. The van der Waals surface area contributed by atoms with Crippen molar-refractivity contribution in [1.29, 1.82) is 0 Å². The second-order valence-corrected chi connectivity index (χ2v) is 5.95. The van der Waals surface area contributed by atoms with Gasteiger partial charge in [-0.15, -0.1) is 0 Å². The van der Waals surface area contributed by atoms with Crippen LogP contribution in [0.15, 0.2) is 59.0 Å². The Morgan fingerprint density at radius 2 is 1.88 bits per heavy atom. The third-order valence-electron chi connectivity index (χ3n) is 4.00. The van der Waals surface area contributed by atoms with Crippen LogP contribution in [0.4, 0.5) is 4.39 Å². The second-order valence-electron chi connectivity index (χ2n) is 5.95. The molecule has 0 aliphatic carbocycles. The van der Waals surface area contributed by atoms with Gasteiger partial charge < -0.3 is 9.52 Å². The summed E-state index contributed by atoms with van der Waals surface area (Å²) < 4.78 is 19.1. The van der Waals surface area contributed by atoms with E-state index in [2.05, 4.69) is 22.0 Å². The maximum absolute atomic E-state index is 13.4. The van der Waals surface area contributed by atoms with E-state index in [1.54, 1.807) is 12.1 Å². The Balaban J connectivity index is 1.78. The highest BCUT2D eigenvalue weighted by Crippen LogP contribution is 2.23. The topological polar surface area (TPSA) is 49.5 Å². The molecule has 0 amide bonds. The summed E-state index contributed by atoms with van der Waals surface area (Å²) in [6.45, 7) is 3.73.